The molecule has 0 bridgehead atoms. The smallest absolute Gasteiger partial charge is 0.256 e. The number of furan rings is 1. The van der Waals surface area contributed by atoms with Gasteiger partial charge in [-0.3, -0.25) is 4.79 Å². The monoisotopic (exact) mass is 403 g/mol. The lowest BCUT2D eigenvalue weighted by Gasteiger charge is -2.53. The zero-order valence-corrected chi connectivity index (χ0v) is 17.9. The lowest BCUT2D eigenvalue weighted by atomic mass is 9.60. The summed E-state index contributed by atoms with van der Waals surface area (Å²) in [6.45, 7) is 7.91. The Labute approximate surface area is 172 Å². The van der Waals surface area contributed by atoms with Crippen molar-refractivity contribution in [2.75, 3.05) is 33.5 Å². The average molecular weight is 404 g/mol. The first-order chi connectivity index (χ1) is 13.9. The molecule has 1 atom stereocenters. The SMILES string of the molecule is CCC1CC2(COC2)C1.COCC(C)(CO)NC(=O)c1c(C)oc2ccccc12. The molecule has 1 aliphatic heterocycles. The second-order valence-electron chi connectivity index (χ2n) is 8.81. The van der Waals surface area contributed by atoms with E-state index in [4.69, 9.17) is 13.9 Å². The summed E-state index contributed by atoms with van der Waals surface area (Å²) in [5.74, 6) is 1.32. The fraction of sp³-hybridized carbons (Fsp3) is 0.609. The second kappa shape index (κ2) is 8.86. The topological polar surface area (TPSA) is 80.9 Å². The largest absolute Gasteiger partial charge is 0.461 e. The lowest BCUT2D eigenvalue weighted by molar-refractivity contribution is -0.179. The molecule has 6 heteroatoms. The maximum atomic E-state index is 12.5. The second-order valence-corrected chi connectivity index (χ2v) is 8.81. The molecule has 1 aliphatic carbocycles. The molecule has 6 nitrogen and oxygen atoms in total. The molecular weight excluding hydrogens is 370 g/mol. The van der Waals surface area contributed by atoms with Crippen molar-refractivity contribution >= 4 is 16.9 Å². The van der Waals surface area contributed by atoms with E-state index in [2.05, 4.69) is 12.2 Å². The number of aryl methyl sites for hydroxylation is 1. The van der Waals surface area contributed by atoms with Crippen LogP contribution in [0.1, 0.15) is 49.2 Å². The van der Waals surface area contributed by atoms with E-state index >= 15 is 0 Å². The third-order valence-electron chi connectivity index (χ3n) is 6.06. The van der Waals surface area contributed by atoms with Gasteiger partial charge >= 0.3 is 0 Å². The first-order valence-electron chi connectivity index (χ1n) is 10.3. The molecule has 2 fully saturated rings. The van der Waals surface area contributed by atoms with Crippen molar-refractivity contribution in [2.45, 2.75) is 45.6 Å². The summed E-state index contributed by atoms with van der Waals surface area (Å²) in [7, 11) is 1.53. The molecule has 2 N–H and O–H groups in total. The molecule has 1 amide bonds. The quantitative estimate of drug-likeness (QED) is 0.769. The zero-order chi connectivity index (χ0) is 21.1. The number of fused-ring (bicyclic) bond motifs is 1. The molecule has 1 aromatic heterocycles. The summed E-state index contributed by atoms with van der Waals surface area (Å²) in [5.41, 5.74) is 1.04. The van der Waals surface area contributed by atoms with Crippen molar-refractivity contribution in [3.8, 4) is 0 Å². The van der Waals surface area contributed by atoms with Crippen LogP contribution in [0.5, 0.6) is 0 Å². The highest BCUT2D eigenvalue weighted by Crippen LogP contribution is 2.51. The Kier molecular flexibility index (Phi) is 6.66. The minimum atomic E-state index is -0.823. The number of para-hydroxylation sites is 1. The number of hydrogen-bond donors (Lipinski definition) is 2. The van der Waals surface area contributed by atoms with E-state index in [0.717, 1.165) is 24.5 Å². The molecule has 1 spiro atoms. The van der Waals surface area contributed by atoms with Gasteiger partial charge in [0, 0.05) is 17.9 Å². The summed E-state index contributed by atoms with van der Waals surface area (Å²) >= 11 is 0. The summed E-state index contributed by atoms with van der Waals surface area (Å²) in [5, 5.41) is 13.0. The fourth-order valence-electron chi connectivity index (χ4n) is 4.31. The van der Waals surface area contributed by atoms with E-state index < -0.39 is 5.54 Å². The number of hydrogen-bond acceptors (Lipinski definition) is 5. The fourth-order valence-corrected chi connectivity index (χ4v) is 4.31. The van der Waals surface area contributed by atoms with Crippen LogP contribution in [0.2, 0.25) is 0 Å². The summed E-state index contributed by atoms with van der Waals surface area (Å²) in [6, 6.07) is 7.37. The van der Waals surface area contributed by atoms with Gasteiger partial charge < -0.3 is 24.3 Å². The van der Waals surface area contributed by atoms with Gasteiger partial charge in [-0.1, -0.05) is 31.5 Å². The van der Waals surface area contributed by atoms with E-state index in [-0.39, 0.29) is 19.1 Å². The highest BCUT2D eigenvalue weighted by Gasteiger charge is 2.48. The zero-order valence-electron chi connectivity index (χ0n) is 17.9. The summed E-state index contributed by atoms with van der Waals surface area (Å²) < 4.78 is 15.8. The van der Waals surface area contributed by atoms with Crippen LogP contribution in [0.15, 0.2) is 28.7 Å². The molecule has 1 saturated carbocycles. The van der Waals surface area contributed by atoms with E-state index in [1.165, 1.54) is 26.4 Å². The molecule has 1 unspecified atom stereocenters. The lowest BCUT2D eigenvalue weighted by Crippen LogP contribution is -2.52. The van der Waals surface area contributed by atoms with Gasteiger partial charge in [-0.2, -0.15) is 0 Å². The predicted octanol–water partition coefficient (Wildman–Crippen LogP) is 3.69. The van der Waals surface area contributed by atoms with Gasteiger partial charge in [-0.15, -0.1) is 0 Å². The number of aliphatic hydroxyl groups excluding tert-OH is 1. The van der Waals surface area contributed by atoms with E-state index in [9.17, 15) is 9.90 Å². The van der Waals surface area contributed by atoms with Gasteiger partial charge in [0.1, 0.15) is 11.3 Å². The Morgan fingerprint density at radius 2 is 2.03 bits per heavy atom. The van der Waals surface area contributed by atoms with E-state index in [1.54, 1.807) is 13.8 Å². The van der Waals surface area contributed by atoms with Crippen LogP contribution in [-0.4, -0.2) is 50.1 Å². The predicted molar refractivity (Wildman–Crippen MR) is 112 cm³/mol. The van der Waals surface area contributed by atoms with Crippen molar-refractivity contribution in [3.05, 3.63) is 35.6 Å². The van der Waals surface area contributed by atoms with Gasteiger partial charge in [-0.25, -0.2) is 0 Å². The van der Waals surface area contributed by atoms with E-state index in [0.29, 0.717) is 22.3 Å². The van der Waals surface area contributed by atoms with Crippen LogP contribution in [0.25, 0.3) is 11.0 Å². The number of amides is 1. The third-order valence-corrected chi connectivity index (χ3v) is 6.06. The number of carbonyl (C=O) groups is 1. The minimum Gasteiger partial charge on any atom is -0.461 e. The van der Waals surface area contributed by atoms with Crippen LogP contribution in [0.3, 0.4) is 0 Å². The molecular formula is C23H33NO5. The number of nitrogens with one attached hydrogen (secondary N) is 1. The summed E-state index contributed by atoms with van der Waals surface area (Å²) in [4.78, 5) is 12.5. The van der Waals surface area contributed by atoms with Crippen LogP contribution < -0.4 is 5.32 Å². The van der Waals surface area contributed by atoms with Gasteiger partial charge in [0.15, 0.2) is 0 Å². The van der Waals surface area contributed by atoms with E-state index in [1.807, 2.05) is 24.3 Å². The average Bonchev–Trinajstić information content (AvgIpc) is 2.96. The molecule has 2 aliphatic rings. The van der Waals surface area contributed by atoms with Crippen molar-refractivity contribution in [1.29, 1.82) is 0 Å². The molecule has 2 aromatic rings. The number of benzene rings is 1. The van der Waals surface area contributed by atoms with Gasteiger partial charge in [0.2, 0.25) is 0 Å². The highest BCUT2D eigenvalue weighted by molar-refractivity contribution is 6.07. The number of carbonyl (C=O) groups excluding carboxylic acids is 1. The maximum absolute atomic E-state index is 12.5. The van der Waals surface area contributed by atoms with Gasteiger partial charge in [0.25, 0.3) is 5.91 Å². The first-order valence-corrected chi connectivity index (χ1v) is 10.3. The Morgan fingerprint density at radius 1 is 1.34 bits per heavy atom. The molecule has 160 valence electrons. The maximum Gasteiger partial charge on any atom is 0.256 e. The Bertz CT molecular complexity index is 833. The van der Waals surface area contributed by atoms with Gasteiger partial charge in [-0.05, 0) is 38.7 Å². The molecule has 1 saturated heterocycles. The Hall–Kier alpha value is -1.89. The third kappa shape index (κ3) is 4.65. The first kappa shape index (κ1) is 21.8. The molecule has 4 rings (SSSR count). The van der Waals surface area contributed by atoms with Gasteiger partial charge in [0.05, 0.1) is 37.5 Å². The van der Waals surface area contributed by atoms with Crippen LogP contribution in [0.4, 0.5) is 0 Å². The molecule has 1 aromatic carbocycles. The Morgan fingerprint density at radius 3 is 2.59 bits per heavy atom. The van der Waals surface area contributed by atoms with Crippen LogP contribution >= 0.6 is 0 Å². The number of ether oxygens (including phenoxy) is 2. The van der Waals surface area contributed by atoms with Crippen molar-refractivity contribution in [1.82, 2.24) is 5.32 Å². The van der Waals surface area contributed by atoms with Crippen molar-refractivity contribution in [2.24, 2.45) is 11.3 Å². The van der Waals surface area contributed by atoms with Crippen molar-refractivity contribution in [3.63, 3.8) is 0 Å². The van der Waals surface area contributed by atoms with Crippen LogP contribution in [-0.2, 0) is 9.47 Å². The van der Waals surface area contributed by atoms with Crippen molar-refractivity contribution < 1.29 is 23.8 Å². The highest BCUT2D eigenvalue weighted by atomic mass is 16.5. The normalized spacial score (nSPS) is 19.6. The number of methoxy groups -OCH3 is 1. The number of aliphatic hydroxyl groups is 1. The standard InChI is InChI=1S/C15H19NO4.C8H14O/c1-10-13(11-6-4-5-7-12(11)20-10)14(18)16-15(2,8-17)9-19-3;1-2-7-3-8(4-7)5-9-6-8/h4-7,17H,8-9H2,1-3H3,(H,16,18);7H,2-6H2,1H3. The summed E-state index contributed by atoms with van der Waals surface area (Å²) in [6.07, 6.45) is 4.27. The molecule has 0 radical (unpaired) electrons. The minimum absolute atomic E-state index is 0.207. The number of rotatable bonds is 6. The molecule has 29 heavy (non-hydrogen) atoms. The Balaban J connectivity index is 0.000000220. The van der Waals surface area contributed by atoms with Crippen LogP contribution in [0, 0.1) is 18.3 Å². The molecule has 2 heterocycles.